The third-order valence-corrected chi connectivity index (χ3v) is 6.61. The Hall–Kier alpha value is -3.60. The van der Waals surface area contributed by atoms with Gasteiger partial charge in [-0.25, -0.2) is 14.4 Å². The van der Waals surface area contributed by atoms with Crippen LogP contribution in [-0.4, -0.2) is 63.8 Å². The normalized spacial score (nSPS) is 14.3. The van der Waals surface area contributed by atoms with Crippen LogP contribution in [0.4, 0.5) is 4.39 Å². The average molecular weight is 543 g/mol. The lowest BCUT2D eigenvalue weighted by atomic mass is 10.0. The predicted octanol–water partition coefficient (Wildman–Crippen LogP) is 2.92. The van der Waals surface area contributed by atoms with Crippen molar-refractivity contribution in [3.05, 3.63) is 75.9 Å². The van der Waals surface area contributed by atoms with Gasteiger partial charge in [0, 0.05) is 42.5 Å². The minimum atomic E-state index is -1.01. The van der Waals surface area contributed by atoms with Crippen molar-refractivity contribution in [3.8, 4) is 17.0 Å². The molecule has 0 saturated carbocycles. The summed E-state index contributed by atoms with van der Waals surface area (Å²) < 4.78 is 19.4. The van der Waals surface area contributed by atoms with Crippen LogP contribution in [0, 0.1) is 11.7 Å². The monoisotopic (exact) mass is 542 g/mol. The highest BCUT2D eigenvalue weighted by atomic mass is 35.5. The number of hydrogen-bond donors (Lipinski definition) is 3. The highest BCUT2D eigenvalue weighted by Gasteiger charge is 2.30. The third kappa shape index (κ3) is 5.93. The van der Waals surface area contributed by atoms with Gasteiger partial charge in [0.1, 0.15) is 23.9 Å². The maximum absolute atomic E-state index is 14.3. The van der Waals surface area contributed by atoms with Crippen molar-refractivity contribution in [2.45, 2.75) is 25.9 Å². The Morgan fingerprint density at radius 3 is 2.74 bits per heavy atom. The fraction of sp³-hybridized carbons (Fsp3) is 0.333. The van der Waals surface area contributed by atoms with Gasteiger partial charge in [-0.3, -0.25) is 9.59 Å². The van der Waals surface area contributed by atoms with Gasteiger partial charge in [-0.05, 0) is 35.7 Å². The fourth-order valence-electron chi connectivity index (χ4n) is 4.27. The van der Waals surface area contributed by atoms with Crippen molar-refractivity contribution < 1.29 is 28.9 Å². The predicted molar refractivity (Wildman–Crippen MR) is 138 cm³/mol. The zero-order valence-corrected chi connectivity index (χ0v) is 21.7. The van der Waals surface area contributed by atoms with Crippen LogP contribution in [0.15, 0.2) is 42.6 Å². The van der Waals surface area contributed by atoms with Gasteiger partial charge in [0.15, 0.2) is 0 Å². The maximum Gasteiger partial charge on any atom is 0.254 e. The number of carbonyl (C=O) groups excluding carboxylic acids is 2. The number of nitrogens with zero attached hydrogens (tertiary/aromatic N) is 3. The van der Waals surface area contributed by atoms with E-state index in [-0.39, 0.29) is 37.1 Å². The Bertz CT molecular complexity index is 1360. The van der Waals surface area contributed by atoms with Gasteiger partial charge < -0.3 is 25.2 Å². The molecule has 2 aromatic carbocycles. The molecule has 3 aromatic rings. The first kappa shape index (κ1) is 27.4. The van der Waals surface area contributed by atoms with Gasteiger partial charge in [0.25, 0.3) is 5.91 Å². The molecule has 2 atom stereocenters. The molecule has 0 unspecified atom stereocenters. The molecule has 0 fully saturated rings. The summed E-state index contributed by atoms with van der Waals surface area (Å²) >= 11 is 6.35. The lowest BCUT2D eigenvalue weighted by molar-refractivity contribution is -0.122. The van der Waals surface area contributed by atoms with E-state index in [4.69, 9.17) is 16.3 Å². The van der Waals surface area contributed by atoms with Crippen LogP contribution in [0.3, 0.4) is 0 Å². The van der Waals surface area contributed by atoms with Gasteiger partial charge in [-0.15, -0.1) is 0 Å². The van der Waals surface area contributed by atoms with Gasteiger partial charge in [-0.1, -0.05) is 30.7 Å². The molecular formula is C27H28ClFN4O5. The molecule has 2 amide bonds. The van der Waals surface area contributed by atoms with Crippen LogP contribution in [-0.2, 0) is 17.8 Å². The van der Waals surface area contributed by atoms with E-state index < -0.39 is 24.4 Å². The van der Waals surface area contributed by atoms with Crippen molar-refractivity contribution in [3.63, 3.8) is 0 Å². The number of fused-ring (bicyclic) bond motifs is 1. The number of methoxy groups -OCH3 is 1. The average Bonchev–Trinajstić information content (AvgIpc) is 3.22. The molecule has 3 N–H and O–H groups in total. The smallest absolute Gasteiger partial charge is 0.254 e. The van der Waals surface area contributed by atoms with E-state index in [0.717, 1.165) is 5.56 Å². The Kier molecular flexibility index (Phi) is 8.55. The molecule has 1 aliphatic heterocycles. The number of carbonyl (C=O) groups is 2. The molecule has 0 saturated heterocycles. The van der Waals surface area contributed by atoms with Crippen LogP contribution in [0.5, 0.6) is 5.75 Å². The summed E-state index contributed by atoms with van der Waals surface area (Å²) in [5, 5.41) is 22.0. The maximum atomic E-state index is 14.3. The standard InChI is InChI=1S/C27H28ClFN4O5/c1-15(13-34)7-24-30-10-21(28)26(32-24)16-3-4-17-11-33(27(37)19(17)8-16)12-25(36)31-23(14-35)20-9-18(38-2)5-6-22(20)29/h3-6,8-10,15,23,34-35H,7,11-14H2,1-2H3,(H,31,36)/t15-,23-/m1/s1. The summed E-state index contributed by atoms with van der Waals surface area (Å²) in [4.78, 5) is 36.0. The largest absolute Gasteiger partial charge is 0.497 e. The SMILES string of the molecule is COc1ccc(F)c([C@@H](CO)NC(=O)CN2Cc3ccc(-c4nc(C[C@@H](C)CO)ncc4Cl)cc3C2=O)c1. The highest BCUT2D eigenvalue weighted by molar-refractivity contribution is 6.32. The summed E-state index contributed by atoms with van der Waals surface area (Å²) in [6.45, 7) is 1.29. The van der Waals surface area contributed by atoms with Crippen LogP contribution in [0.2, 0.25) is 5.02 Å². The second-order valence-electron chi connectivity index (χ2n) is 9.20. The molecule has 9 nitrogen and oxygen atoms in total. The van der Waals surface area contributed by atoms with Gasteiger partial charge in [-0.2, -0.15) is 0 Å². The first-order valence-corrected chi connectivity index (χ1v) is 12.4. The van der Waals surface area contributed by atoms with Crippen molar-refractivity contribution >= 4 is 23.4 Å². The van der Waals surface area contributed by atoms with Crippen LogP contribution >= 0.6 is 11.6 Å². The number of halogens is 2. The van der Waals surface area contributed by atoms with Crippen molar-refractivity contribution in [2.75, 3.05) is 26.9 Å². The summed E-state index contributed by atoms with van der Waals surface area (Å²) in [6.07, 6.45) is 1.97. The first-order valence-electron chi connectivity index (χ1n) is 12.0. The summed E-state index contributed by atoms with van der Waals surface area (Å²) in [5.41, 5.74) is 2.34. The zero-order chi connectivity index (χ0) is 27.4. The topological polar surface area (TPSA) is 125 Å². The molecule has 1 aliphatic rings. The summed E-state index contributed by atoms with van der Waals surface area (Å²) in [7, 11) is 1.43. The molecule has 11 heteroatoms. The summed E-state index contributed by atoms with van der Waals surface area (Å²) in [6, 6.07) is 8.31. The number of rotatable bonds is 10. The van der Waals surface area contributed by atoms with E-state index in [2.05, 4.69) is 15.3 Å². The molecule has 0 radical (unpaired) electrons. The second-order valence-corrected chi connectivity index (χ2v) is 9.61. The molecule has 4 rings (SSSR count). The molecule has 200 valence electrons. The van der Waals surface area contributed by atoms with Crippen molar-refractivity contribution in [1.82, 2.24) is 20.2 Å². The Morgan fingerprint density at radius 2 is 2.03 bits per heavy atom. The number of aromatic nitrogens is 2. The van der Waals surface area contributed by atoms with Crippen molar-refractivity contribution in [2.24, 2.45) is 5.92 Å². The number of aliphatic hydroxyl groups is 2. The first-order chi connectivity index (χ1) is 18.2. The zero-order valence-electron chi connectivity index (χ0n) is 20.9. The van der Waals surface area contributed by atoms with Gasteiger partial charge in [0.2, 0.25) is 5.91 Å². The Morgan fingerprint density at radius 1 is 1.24 bits per heavy atom. The van der Waals surface area contributed by atoms with E-state index in [0.29, 0.717) is 39.8 Å². The third-order valence-electron chi connectivity index (χ3n) is 6.33. The van der Waals surface area contributed by atoms with Gasteiger partial charge >= 0.3 is 0 Å². The molecule has 2 heterocycles. The molecule has 38 heavy (non-hydrogen) atoms. The number of aliphatic hydroxyl groups excluding tert-OH is 2. The Balaban J connectivity index is 1.48. The second kappa shape index (κ2) is 11.8. The van der Waals surface area contributed by atoms with E-state index in [1.165, 1.54) is 36.4 Å². The van der Waals surface area contributed by atoms with E-state index in [9.17, 15) is 24.2 Å². The molecule has 1 aromatic heterocycles. The lowest BCUT2D eigenvalue weighted by Gasteiger charge is -2.21. The van der Waals surface area contributed by atoms with Crippen LogP contribution in [0.25, 0.3) is 11.3 Å². The fourth-order valence-corrected chi connectivity index (χ4v) is 4.47. The van der Waals surface area contributed by atoms with E-state index in [1.807, 2.05) is 6.92 Å². The molecule has 0 aliphatic carbocycles. The van der Waals surface area contributed by atoms with Crippen LogP contribution < -0.4 is 10.1 Å². The number of nitrogens with one attached hydrogen (secondary N) is 1. The van der Waals surface area contributed by atoms with Gasteiger partial charge in [0.05, 0.1) is 30.5 Å². The lowest BCUT2D eigenvalue weighted by Crippen LogP contribution is -2.40. The Labute approximate surface area is 224 Å². The number of amides is 2. The molecular weight excluding hydrogens is 515 g/mol. The van der Waals surface area contributed by atoms with Crippen molar-refractivity contribution in [1.29, 1.82) is 0 Å². The summed E-state index contributed by atoms with van der Waals surface area (Å²) in [5.74, 6) is -0.592. The number of ether oxygens (including phenoxy) is 1. The number of hydrogen-bond acceptors (Lipinski definition) is 7. The van der Waals surface area contributed by atoms with Crippen LogP contribution in [0.1, 0.15) is 40.3 Å². The minimum Gasteiger partial charge on any atom is -0.497 e. The highest BCUT2D eigenvalue weighted by Crippen LogP contribution is 2.31. The van der Waals surface area contributed by atoms with E-state index >= 15 is 0 Å². The van der Waals surface area contributed by atoms with E-state index in [1.54, 1.807) is 18.2 Å². The molecule has 0 bridgehead atoms. The quantitative estimate of drug-likeness (QED) is 0.360. The number of benzene rings is 2. The molecule has 0 spiro atoms. The minimum absolute atomic E-state index is 0.00557.